The quantitative estimate of drug-likeness (QED) is 0.636. The van der Waals surface area contributed by atoms with Gasteiger partial charge in [0.2, 0.25) is 0 Å². The van der Waals surface area contributed by atoms with Gasteiger partial charge in [-0.15, -0.1) is 0 Å². The predicted octanol–water partition coefficient (Wildman–Crippen LogP) is -0.329. The molecule has 2 rings (SSSR count). The lowest BCUT2D eigenvalue weighted by Crippen LogP contribution is -2.58. The van der Waals surface area contributed by atoms with Crippen LogP contribution in [0.25, 0.3) is 0 Å². The first-order valence-corrected chi connectivity index (χ1v) is 5.96. The Hall–Kier alpha value is -1.47. The van der Waals surface area contributed by atoms with Crippen molar-refractivity contribution in [1.29, 1.82) is 0 Å². The molecule has 0 spiro atoms. The summed E-state index contributed by atoms with van der Waals surface area (Å²) in [7, 11) is 0. The van der Waals surface area contributed by atoms with Crippen LogP contribution in [0.5, 0.6) is 0 Å². The summed E-state index contributed by atoms with van der Waals surface area (Å²) in [5, 5.41) is 29.0. The van der Waals surface area contributed by atoms with Crippen molar-refractivity contribution in [1.82, 2.24) is 0 Å². The van der Waals surface area contributed by atoms with Gasteiger partial charge in [0, 0.05) is 0 Å². The maximum absolute atomic E-state index is 11.9. The predicted molar refractivity (Wildman–Crippen MR) is 64.2 cm³/mol. The second-order valence-corrected chi connectivity index (χ2v) is 4.45. The fraction of sp³-hybridized carbons (Fsp3) is 0.462. The van der Waals surface area contributed by atoms with Gasteiger partial charge < -0.3 is 24.8 Å². The number of carbonyl (C=O) groups excluding carboxylic acids is 1. The number of aliphatic hydroxyl groups is 3. The van der Waals surface area contributed by atoms with Gasteiger partial charge in [0.1, 0.15) is 12.2 Å². The molecule has 3 N–H and O–H groups in total. The zero-order valence-electron chi connectivity index (χ0n) is 10.3. The summed E-state index contributed by atoms with van der Waals surface area (Å²) in [6, 6.07) is 8.21. The van der Waals surface area contributed by atoms with Crippen LogP contribution in [0.1, 0.15) is 17.3 Å². The fourth-order valence-electron chi connectivity index (χ4n) is 1.92. The van der Waals surface area contributed by atoms with Crippen LogP contribution in [0.15, 0.2) is 30.3 Å². The van der Waals surface area contributed by atoms with Crippen LogP contribution in [-0.4, -0.2) is 52.0 Å². The lowest BCUT2D eigenvalue weighted by atomic mass is 9.99. The van der Waals surface area contributed by atoms with Crippen LogP contribution in [-0.2, 0) is 9.47 Å². The molecule has 1 aliphatic heterocycles. The third kappa shape index (κ3) is 2.93. The van der Waals surface area contributed by atoms with Crippen LogP contribution < -0.4 is 0 Å². The standard InChI is InChI=1S/C13H16O6/c1-7-9(14)11(10(15)13(17)18-7)19-12(16)8-5-3-2-4-6-8/h2-7,9-11,13-15,17H,1H3/t7-,9+,10-,11+,13-/m1/s1. The molecule has 1 fully saturated rings. The van der Waals surface area contributed by atoms with Gasteiger partial charge in [-0.25, -0.2) is 4.79 Å². The number of hydrogen-bond acceptors (Lipinski definition) is 6. The third-order valence-corrected chi connectivity index (χ3v) is 3.05. The monoisotopic (exact) mass is 268 g/mol. The number of esters is 1. The van der Waals surface area contributed by atoms with E-state index in [1.807, 2.05) is 0 Å². The van der Waals surface area contributed by atoms with E-state index in [4.69, 9.17) is 9.47 Å². The molecule has 6 nitrogen and oxygen atoms in total. The molecular formula is C13H16O6. The molecule has 0 bridgehead atoms. The summed E-state index contributed by atoms with van der Waals surface area (Å²) in [6.07, 6.45) is -6.16. The normalized spacial score (nSPS) is 34.8. The maximum Gasteiger partial charge on any atom is 0.338 e. The average molecular weight is 268 g/mol. The molecule has 1 aromatic carbocycles. The lowest BCUT2D eigenvalue weighted by molar-refractivity contribution is -0.276. The van der Waals surface area contributed by atoms with Gasteiger partial charge in [0.15, 0.2) is 12.4 Å². The van der Waals surface area contributed by atoms with Gasteiger partial charge in [-0.05, 0) is 19.1 Å². The number of rotatable bonds is 2. The van der Waals surface area contributed by atoms with Crippen molar-refractivity contribution in [2.24, 2.45) is 0 Å². The molecule has 5 atom stereocenters. The van der Waals surface area contributed by atoms with Gasteiger partial charge in [-0.2, -0.15) is 0 Å². The molecule has 1 heterocycles. The molecule has 0 amide bonds. The van der Waals surface area contributed by atoms with Crippen molar-refractivity contribution in [3.05, 3.63) is 35.9 Å². The third-order valence-electron chi connectivity index (χ3n) is 3.05. The summed E-state index contributed by atoms with van der Waals surface area (Å²) in [5.41, 5.74) is 0.301. The maximum atomic E-state index is 11.9. The van der Waals surface area contributed by atoms with Gasteiger partial charge in [0.25, 0.3) is 0 Å². The Balaban J connectivity index is 2.10. The van der Waals surface area contributed by atoms with Crippen LogP contribution in [0.2, 0.25) is 0 Å². The van der Waals surface area contributed by atoms with Crippen LogP contribution in [0.4, 0.5) is 0 Å². The van der Waals surface area contributed by atoms with Gasteiger partial charge >= 0.3 is 5.97 Å². The Bertz CT molecular complexity index is 420. The van der Waals surface area contributed by atoms with Crippen molar-refractivity contribution in [2.45, 2.75) is 37.6 Å². The van der Waals surface area contributed by atoms with Crippen molar-refractivity contribution < 1.29 is 29.6 Å². The Morgan fingerprint density at radius 1 is 1.16 bits per heavy atom. The summed E-state index contributed by atoms with van der Waals surface area (Å²) >= 11 is 0. The van der Waals surface area contributed by atoms with E-state index in [0.717, 1.165) is 0 Å². The highest BCUT2D eigenvalue weighted by atomic mass is 16.6. The Morgan fingerprint density at radius 2 is 1.79 bits per heavy atom. The first kappa shape index (κ1) is 14.0. The van der Waals surface area contributed by atoms with Gasteiger partial charge in [-0.1, -0.05) is 18.2 Å². The summed E-state index contributed by atoms with van der Waals surface area (Å²) in [4.78, 5) is 11.9. The minimum absolute atomic E-state index is 0.301. The van der Waals surface area contributed by atoms with Crippen LogP contribution in [0.3, 0.4) is 0 Å². The number of aliphatic hydroxyl groups excluding tert-OH is 3. The van der Waals surface area contributed by atoms with E-state index in [9.17, 15) is 20.1 Å². The molecule has 1 aliphatic rings. The molecule has 1 aromatic rings. The molecule has 104 valence electrons. The Kier molecular flexibility index (Phi) is 4.16. The lowest BCUT2D eigenvalue weighted by Gasteiger charge is -2.38. The highest BCUT2D eigenvalue weighted by Gasteiger charge is 2.44. The van der Waals surface area contributed by atoms with Crippen LogP contribution >= 0.6 is 0 Å². The second-order valence-electron chi connectivity index (χ2n) is 4.45. The van der Waals surface area contributed by atoms with E-state index in [2.05, 4.69) is 0 Å². The Labute approximate surface area is 110 Å². The average Bonchev–Trinajstić information content (AvgIpc) is 2.42. The Morgan fingerprint density at radius 3 is 2.42 bits per heavy atom. The molecule has 19 heavy (non-hydrogen) atoms. The zero-order chi connectivity index (χ0) is 14.0. The molecule has 6 heteroatoms. The first-order chi connectivity index (χ1) is 9.00. The SMILES string of the molecule is C[C@H]1O[C@@H](O)[C@H](O)[C@@H](OC(=O)c2ccccc2)[C@H]1O. The van der Waals surface area contributed by atoms with E-state index in [1.54, 1.807) is 30.3 Å². The highest BCUT2D eigenvalue weighted by Crippen LogP contribution is 2.23. The second kappa shape index (κ2) is 5.66. The van der Waals surface area contributed by atoms with E-state index in [1.165, 1.54) is 6.92 Å². The molecule has 1 saturated heterocycles. The van der Waals surface area contributed by atoms with Crippen molar-refractivity contribution >= 4 is 5.97 Å². The molecule has 0 unspecified atom stereocenters. The highest BCUT2D eigenvalue weighted by molar-refractivity contribution is 5.89. The minimum Gasteiger partial charge on any atom is -0.453 e. The largest absolute Gasteiger partial charge is 0.453 e. The number of ether oxygens (including phenoxy) is 2. The van der Waals surface area contributed by atoms with Gasteiger partial charge in [0.05, 0.1) is 11.7 Å². The topological polar surface area (TPSA) is 96.2 Å². The fourth-order valence-corrected chi connectivity index (χ4v) is 1.92. The first-order valence-electron chi connectivity index (χ1n) is 5.96. The number of hydrogen-bond donors (Lipinski definition) is 3. The number of carbonyl (C=O) groups is 1. The zero-order valence-corrected chi connectivity index (χ0v) is 10.3. The van der Waals surface area contributed by atoms with Gasteiger partial charge in [-0.3, -0.25) is 0 Å². The van der Waals surface area contributed by atoms with E-state index < -0.39 is 36.7 Å². The molecule has 0 aliphatic carbocycles. The summed E-state index contributed by atoms with van der Waals surface area (Å²) < 4.78 is 9.96. The van der Waals surface area contributed by atoms with E-state index in [0.29, 0.717) is 5.56 Å². The van der Waals surface area contributed by atoms with Crippen molar-refractivity contribution in [2.75, 3.05) is 0 Å². The number of benzene rings is 1. The molecule has 0 saturated carbocycles. The molecule has 0 radical (unpaired) electrons. The van der Waals surface area contributed by atoms with Crippen LogP contribution in [0, 0.1) is 0 Å². The van der Waals surface area contributed by atoms with Crippen molar-refractivity contribution in [3.63, 3.8) is 0 Å². The smallest absolute Gasteiger partial charge is 0.338 e. The molecular weight excluding hydrogens is 252 g/mol. The molecule has 0 aromatic heterocycles. The van der Waals surface area contributed by atoms with Crippen molar-refractivity contribution in [3.8, 4) is 0 Å². The summed E-state index contributed by atoms with van der Waals surface area (Å²) in [5.74, 6) is -0.676. The summed E-state index contributed by atoms with van der Waals surface area (Å²) in [6.45, 7) is 1.52. The minimum atomic E-state index is -1.49. The van der Waals surface area contributed by atoms with E-state index >= 15 is 0 Å². The van der Waals surface area contributed by atoms with E-state index in [-0.39, 0.29) is 0 Å².